The molecule has 2 aromatic rings. The number of rotatable bonds is 6. The van der Waals surface area contributed by atoms with Crippen molar-refractivity contribution in [3.8, 4) is 0 Å². The van der Waals surface area contributed by atoms with E-state index in [1.54, 1.807) is 42.5 Å². The molecule has 0 fully saturated rings. The number of fused-ring (bicyclic) bond motifs is 1. The van der Waals surface area contributed by atoms with Crippen molar-refractivity contribution >= 4 is 41.0 Å². The number of carbonyl (C=O) groups excluding carboxylic acids is 3. The first-order valence-electron chi connectivity index (χ1n) is 8.03. The number of hydrogen-bond donors (Lipinski definition) is 0. The SMILES string of the molecule is O=C(CCc1cccc(Cl)c1Cl)OCCN1C(=O)c2ccccc2C1=O. The Morgan fingerprint density at radius 3 is 2.27 bits per heavy atom. The highest BCUT2D eigenvalue weighted by molar-refractivity contribution is 6.42. The van der Waals surface area contributed by atoms with Gasteiger partial charge in [-0.3, -0.25) is 19.3 Å². The number of hydrogen-bond acceptors (Lipinski definition) is 4. The number of imide groups is 1. The molecule has 134 valence electrons. The number of carbonyl (C=O) groups is 3. The molecule has 5 nitrogen and oxygen atoms in total. The second-order valence-electron chi connectivity index (χ2n) is 5.74. The van der Waals surface area contributed by atoms with Crippen molar-refractivity contribution < 1.29 is 19.1 Å². The lowest BCUT2D eigenvalue weighted by atomic mass is 10.1. The first-order valence-corrected chi connectivity index (χ1v) is 8.78. The standard InChI is InChI=1S/C19H15Cl2NO4/c20-15-7-3-4-12(17(15)21)8-9-16(23)26-11-10-22-18(24)13-5-1-2-6-14(13)19(22)25/h1-7H,8-11H2. The van der Waals surface area contributed by atoms with Gasteiger partial charge < -0.3 is 4.74 Å². The molecule has 0 bridgehead atoms. The van der Waals surface area contributed by atoms with E-state index < -0.39 is 5.97 Å². The highest BCUT2D eigenvalue weighted by Gasteiger charge is 2.34. The number of halogens is 2. The molecule has 7 heteroatoms. The minimum Gasteiger partial charge on any atom is -0.464 e. The molecule has 1 aliphatic heterocycles. The summed E-state index contributed by atoms with van der Waals surface area (Å²) in [7, 11) is 0. The number of benzene rings is 2. The van der Waals surface area contributed by atoms with Gasteiger partial charge >= 0.3 is 5.97 Å². The van der Waals surface area contributed by atoms with E-state index in [4.69, 9.17) is 27.9 Å². The van der Waals surface area contributed by atoms with Crippen molar-refractivity contribution in [2.75, 3.05) is 13.2 Å². The summed E-state index contributed by atoms with van der Waals surface area (Å²) in [6.45, 7) is -0.0242. The Morgan fingerprint density at radius 1 is 0.962 bits per heavy atom. The van der Waals surface area contributed by atoms with Crippen LogP contribution in [0.3, 0.4) is 0 Å². The third-order valence-corrected chi connectivity index (χ3v) is 4.94. The number of nitrogens with zero attached hydrogens (tertiary/aromatic N) is 1. The minimum atomic E-state index is -0.433. The van der Waals surface area contributed by atoms with Crippen LogP contribution in [-0.4, -0.2) is 35.8 Å². The van der Waals surface area contributed by atoms with Gasteiger partial charge in [-0.2, -0.15) is 0 Å². The van der Waals surface area contributed by atoms with Gasteiger partial charge in [0.05, 0.1) is 27.7 Å². The van der Waals surface area contributed by atoms with Crippen molar-refractivity contribution in [3.05, 3.63) is 69.2 Å². The van der Waals surface area contributed by atoms with E-state index >= 15 is 0 Å². The van der Waals surface area contributed by atoms with Crippen LogP contribution in [-0.2, 0) is 16.0 Å². The quantitative estimate of drug-likeness (QED) is 0.555. The van der Waals surface area contributed by atoms with Crippen LogP contribution < -0.4 is 0 Å². The van der Waals surface area contributed by atoms with Crippen LogP contribution in [0.15, 0.2) is 42.5 Å². The molecule has 0 unspecified atom stereocenters. The normalized spacial score (nSPS) is 13.1. The Bertz CT molecular complexity index is 847. The van der Waals surface area contributed by atoms with Gasteiger partial charge in [0.2, 0.25) is 0 Å². The van der Waals surface area contributed by atoms with E-state index in [1.807, 2.05) is 0 Å². The molecular formula is C19H15Cl2NO4. The van der Waals surface area contributed by atoms with Gasteiger partial charge in [-0.25, -0.2) is 0 Å². The molecule has 0 aromatic heterocycles. The highest BCUT2D eigenvalue weighted by Crippen LogP contribution is 2.26. The number of ether oxygens (including phenoxy) is 1. The van der Waals surface area contributed by atoms with Crippen molar-refractivity contribution in [2.24, 2.45) is 0 Å². The van der Waals surface area contributed by atoms with E-state index in [9.17, 15) is 14.4 Å². The van der Waals surface area contributed by atoms with Crippen LogP contribution in [0, 0.1) is 0 Å². The molecule has 0 spiro atoms. The zero-order valence-electron chi connectivity index (χ0n) is 13.7. The fourth-order valence-electron chi connectivity index (χ4n) is 2.74. The molecule has 0 aliphatic carbocycles. The summed E-state index contributed by atoms with van der Waals surface area (Å²) in [5.74, 6) is -1.17. The first kappa shape index (κ1) is 18.4. The maximum absolute atomic E-state index is 12.2. The molecular weight excluding hydrogens is 377 g/mol. The zero-order valence-corrected chi connectivity index (χ0v) is 15.2. The summed E-state index contributed by atoms with van der Waals surface area (Å²) in [6, 6.07) is 11.8. The molecule has 26 heavy (non-hydrogen) atoms. The molecule has 0 radical (unpaired) electrons. The summed E-state index contributed by atoms with van der Waals surface area (Å²) >= 11 is 12.0. The van der Waals surface area contributed by atoms with Crippen molar-refractivity contribution in [3.63, 3.8) is 0 Å². The Kier molecular flexibility index (Phi) is 5.59. The molecule has 1 aliphatic rings. The highest BCUT2D eigenvalue weighted by atomic mass is 35.5. The van der Waals surface area contributed by atoms with Crippen molar-refractivity contribution in [1.29, 1.82) is 0 Å². The van der Waals surface area contributed by atoms with Crippen LogP contribution >= 0.6 is 23.2 Å². The average molecular weight is 392 g/mol. The van der Waals surface area contributed by atoms with Crippen LogP contribution in [0.2, 0.25) is 10.0 Å². The summed E-state index contributed by atoms with van der Waals surface area (Å²) in [5, 5.41) is 0.858. The van der Waals surface area contributed by atoms with E-state index in [-0.39, 0.29) is 31.4 Å². The summed E-state index contributed by atoms with van der Waals surface area (Å²) in [5.41, 5.74) is 1.51. The maximum atomic E-state index is 12.2. The van der Waals surface area contributed by atoms with Gasteiger partial charge in [-0.15, -0.1) is 0 Å². The predicted octanol–water partition coefficient (Wildman–Crippen LogP) is 3.77. The second kappa shape index (κ2) is 7.89. The van der Waals surface area contributed by atoms with Crippen LogP contribution in [0.1, 0.15) is 32.7 Å². The fourth-order valence-corrected chi connectivity index (χ4v) is 3.16. The van der Waals surface area contributed by atoms with E-state index in [0.717, 1.165) is 10.5 Å². The van der Waals surface area contributed by atoms with E-state index in [1.165, 1.54) is 0 Å². The van der Waals surface area contributed by atoms with Gasteiger partial charge in [0.15, 0.2) is 0 Å². The molecule has 2 aromatic carbocycles. The summed E-state index contributed by atoms with van der Waals surface area (Å²) in [6.07, 6.45) is 0.521. The van der Waals surface area contributed by atoms with Gasteiger partial charge in [-0.05, 0) is 30.2 Å². The lowest BCUT2D eigenvalue weighted by Gasteiger charge is -2.13. The van der Waals surface area contributed by atoms with Crippen LogP contribution in [0.4, 0.5) is 0 Å². The molecule has 0 saturated carbocycles. The summed E-state index contributed by atoms with van der Waals surface area (Å²) in [4.78, 5) is 37.4. The Labute approximate surface area is 160 Å². The Hall–Kier alpha value is -2.37. The predicted molar refractivity (Wildman–Crippen MR) is 97.6 cm³/mol. The molecule has 2 amide bonds. The van der Waals surface area contributed by atoms with Crippen LogP contribution in [0.5, 0.6) is 0 Å². The molecule has 0 N–H and O–H groups in total. The smallest absolute Gasteiger partial charge is 0.306 e. The molecule has 1 heterocycles. The first-order chi connectivity index (χ1) is 12.5. The number of amides is 2. The van der Waals surface area contributed by atoms with E-state index in [0.29, 0.717) is 27.6 Å². The third-order valence-electron chi connectivity index (χ3n) is 4.09. The van der Waals surface area contributed by atoms with Gasteiger partial charge in [0.1, 0.15) is 6.61 Å². The monoisotopic (exact) mass is 391 g/mol. The number of aryl methyl sites for hydroxylation is 1. The van der Waals surface area contributed by atoms with Crippen molar-refractivity contribution in [2.45, 2.75) is 12.8 Å². The Morgan fingerprint density at radius 2 is 1.62 bits per heavy atom. The van der Waals surface area contributed by atoms with Gasteiger partial charge in [0, 0.05) is 6.42 Å². The maximum Gasteiger partial charge on any atom is 0.306 e. The minimum absolute atomic E-state index is 0.0238. The summed E-state index contributed by atoms with van der Waals surface area (Å²) < 4.78 is 5.13. The lowest BCUT2D eigenvalue weighted by Crippen LogP contribution is -2.33. The van der Waals surface area contributed by atoms with Crippen molar-refractivity contribution in [1.82, 2.24) is 4.90 Å². The third kappa shape index (κ3) is 3.74. The molecule has 0 atom stereocenters. The molecule has 3 rings (SSSR count). The van der Waals surface area contributed by atoms with Crippen LogP contribution in [0.25, 0.3) is 0 Å². The van der Waals surface area contributed by atoms with Gasteiger partial charge in [-0.1, -0.05) is 47.5 Å². The van der Waals surface area contributed by atoms with Gasteiger partial charge in [0.25, 0.3) is 11.8 Å². The largest absolute Gasteiger partial charge is 0.464 e. The fraction of sp³-hybridized carbons (Fsp3) is 0.211. The average Bonchev–Trinajstić information content (AvgIpc) is 2.88. The lowest BCUT2D eigenvalue weighted by molar-refractivity contribution is -0.143. The topological polar surface area (TPSA) is 63.7 Å². The second-order valence-corrected chi connectivity index (χ2v) is 6.53. The number of esters is 1. The zero-order chi connectivity index (χ0) is 18.7. The van der Waals surface area contributed by atoms with E-state index in [2.05, 4.69) is 0 Å². The Balaban J connectivity index is 1.48. The molecule has 0 saturated heterocycles.